The standard InChI is InChI=1S/C6H18N4.4C4H4O4.4H2O/c7-1-3-9-5-6-10-4-2-8;4*5-3(6)1-2-4(7)8;;;;/h9-10H,1-8H2;4*1-2H,(H,5,6)(H,7,8);4*1H2. The van der Waals surface area contributed by atoms with E-state index < -0.39 is 47.8 Å². The minimum atomic E-state index is -1.26. The van der Waals surface area contributed by atoms with Crippen molar-refractivity contribution in [3.63, 3.8) is 0 Å². The second-order valence-electron chi connectivity index (χ2n) is 6.12. The van der Waals surface area contributed by atoms with Gasteiger partial charge in [-0.1, -0.05) is 0 Å². The minimum absolute atomic E-state index is 0. The lowest BCUT2D eigenvalue weighted by Crippen LogP contribution is -2.32. The molecular formula is C22H42N4O20. The van der Waals surface area contributed by atoms with Crippen LogP contribution in [0.25, 0.3) is 0 Å². The predicted molar refractivity (Wildman–Crippen MR) is 156 cm³/mol. The molecule has 24 heteroatoms. The molecule has 0 aliphatic heterocycles. The van der Waals surface area contributed by atoms with E-state index in [0.29, 0.717) is 61.7 Å². The molecule has 0 aliphatic rings. The molecule has 0 saturated carbocycles. The summed E-state index contributed by atoms with van der Waals surface area (Å²) >= 11 is 0. The van der Waals surface area contributed by atoms with Crippen LogP contribution in [0.3, 0.4) is 0 Å². The Morgan fingerprint density at radius 2 is 0.478 bits per heavy atom. The number of nitrogens with two attached hydrogens (primary N) is 2. The van der Waals surface area contributed by atoms with Crippen molar-refractivity contribution in [1.82, 2.24) is 10.6 Å². The van der Waals surface area contributed by atoms with Gasteiger partial charge in [-0.2, -0.15) is 0 Å². The maximum atomic E-state index is 9.55. The van der Waals surface area contributed by atoms with Gasteiger partial charge in [-0.3, -0.25) is 0 Å². The van der Waals surface area contributed by atoms with Gasteiger partial charge in [0, 0.05) is 87.9 Å². The molecule has 0 saturated heterocycles. The Balaban J connectivity index is -0.0000000522. The Morgan fingerprint density at radius 3 is 0.565 bits per heavy atom. The highest BCUT2D eigenvalue weighted by atomic mass is 16.4. The van der Waals surface area contributed by atoms with E-state index in [0.717, 1.165) is 26.2 Å². The zero-order chi connectivity index (χ0) is 33.9. The van der Waals surface area contributed by atoms with E-state index in [-0.39, 0.29) is 21.9 Å². The van der Waals surface area contributed by atoms with Crippen LogP contribution in [0.4, 0.5) is 0 Å². The lowest BCUT2D eigenvalue weighted by Gasteiger charge is -2.03. The van der Waals surface area contributed by atoms with E-state index in [2.05, 4.69) is 10.6 Å². The van der Waals surface area contributed by atoms with E-state index in [1.54, 1.807) is 0 Å². The molecule has 0 spiro atoms. The molecule has 0 radical (unpaired) electrons. The third kappa shape index (κ3) is 117. The van der Waals surface area contributed by atoms with Crippen LogP contribution in [-0.4, -0.2) is 150 Å². The van der Waals surface area contributed by atoms with Crippen LogP contribution in [0.15, 0.2) is 48.6 Å². The Bertz CT molecular complexity index is 755. The van der Waals surface area contributed by atoms with Crippen LogP contribution in [0.2, 0.25) is 0 Å². The number of hydrogen-bond donors (Lipinski definition) is 12. The summed E-state index contributed by atoms with van der Waals surface area (Å²) in [6, 6.07) is 0. The van der Waals surface area contributed by atoms with Gasteiger partial charge in [-0.15, -0.1) is 0 Å². The average Bonchev–Trinajstić information content (AvgIpc) is 2.87. The van der Waals surface area contributed by atoms with E-state index in [9.17, 15) is 38.4 Å². The van der Waals surface area contributed by atoms with Crippen LogP contribution in [-0.2, 0) is 38.4 Å². The first-order valence-electron chi connectivity index (χ1n) is 10.8. The highest BCUT2D eigenvalue weighted by molar-refractivity contribution is 5.91. The first-order valence-corrected chi connectivity index (χ1v) is 10.8. The topological polar surface area (TPSA) is 501 Å². The van der Waals surface area contributed by atoms with Gasteiger partial charge in [0.1, 0.15) is 0 Å². The summed E-state index contributed by atoms with van der Waals surface area (Å²) in [4.78, 5) is 76.4. The Morgan fingerprint density at radius 1 is 0.348 bits per heavy atom. The van der Waals surface area contributed by atoms with Gasteiger partial charge in [0.05, 0.1) is 0 Å². The van der Waals surface area contributed by atoms with Gasteiger partial charge in [0.25, 0.3) is 0 Å². The first kappa shape index (κ1) is 63.6. The monoisotopic (exact) mass is 682 g/mol. The van der Waals surface area contributed by atoms with Crippen molar-refractivity contribution >= 4 is 47.8 Å². The molecular weight excluding hydrogens is 640 g/mol. The van der Waals surface area contributed by atoms with Gasteiger partial charge in [0.2, 0.25) is 0 Å². The highest BCUT2D eigenvalue weighted by Crippen LogP contribution is 1.72. The summed E-state index contributed by atoms with van der Waals surface area (Å²) in [7, 11) is 0. The number of nitrogens with one attached hydrogen (secondary N) is 2. The number of carbonyl (C=O) groups is 8. The van der Waals surface area contributed by atoms with Crippen molar-refractivity contribution in [2.75, 3.05) is 39.3 Å². The van der Waals surface area contributed by atoms with E-state index in [1.165, 1.54) is 0 Å². The van der Waals surface area contributed by atoms with Crippen LogP contribution in [0, 0.1) is 0 Å². The van der Waals surface area contributed by atoms with Gasteiger partial charge in [-0.25, -0.2) is 38.4 Å². The Kier molecular flexibility index (Phi) is 67.9. The summed E-state index contributed by atoms with van der Waals surface area (Å²) in [6.07, 6.45) is 4.46. The molecule has 0 unspecified atom stereocenters. The minimum Gasteiger partial charge on any atom is -0.478 e. The van der Waals surface area contributed by atoms with Crippen LogP contribution < -0.4 is 22.1 Å². The summed E-state index contributed by atoms with van der Waals surface area (Å²) in [6.45, 7) is 5.14. The maximum Gasteiger partial charge on any atom is 0.328 e. The van der Waals surface area contributed by atoms with Gasteiger partial charge in [-0.05, 0) is 0 Å². The fraction of sp³-hybridized carbons (Fsp3) is 0.273. The molecule has 0 atom stereocenters. The van der Waals surface area contributed by atoms with Crippen molar-refractivity contribution in [2.45, 2.75) is 0 Å². The summed E-state index contributed by atoms with van der Waals surface area (Å²) in [5.74, 6) is -10.1. The second-order valence-corrected chi connectivity index (χ2v) is 6.12. The van der Waals surface area contributed by atoms with E-state index >= 15 is 0 Å². The molecule has 0 heterocycles. The highest BCUT2D eigenvalue weighted by Gasteiger charge is 1.90. The zero-order valence-electron chi connectivity index (χ0n) is 23.9. The maximum absolute atomic E-state index is 9.55. The van der Waals surface area contributed by atoms with Crippen molar-refractivity contribution < 1.29 is 101 Å². The molecule has 0 bridgehead atoms. The summed E-state index contributed by atoms with van der Waals surface area (Å²) in [5.41, 5.74) is 10.5. The SMILES string of the molecule is NCCNCCNCCN.O.O.O.O.O=C(O)C=CC(=O)O.O=C(O)C=CC(=O)O.O=C(O)C=CC(=O)O.O=C(O)C=CC(=O)O. The third-order valence-electron chi connectivity index (χ3n) is 2.59. The predicted octanol–water partition coefficient (Wildman–Crippen LogP) is -6.37. The fourth-order valence-corrected chi connectivity index (χ4v) is 1.20. The Labute approximate surface area is 259 Å². The first-order chi connectivity index (χ1) is 19.4. The molecule has 0 fully saturated rings. The molecule has 0 aromatic carbocycles. The van der Waals surface area contributed by atoms with Crippen molar-refractivity contribution in [2.24, 2.45) is 11.5 Å². The van der Waals surface area contributed by atoms with Crippen molar-refractivity contribution in [3.8, 4) is 0 Å². The largest absolute Gasteiger partial charge is 0.478 e. The van der Waals surface area contributed by atoms with E-state index in [4.69, 9.17) is 52.3 Å². The Hall–Kier alpha value is -5.60. The third-order valence-corrected chi connectivity index (χ3v) is 2.59. The van der Waals surface area contributed by atoms with Gasteiger partial charge < -0.3 is 84.9 Å². The second kappa shape index (κ2) is 49.1. The number of aliphatic carboxylic acids is 8. The van der Waals surface area contributed by atoms with Crippen LogP contribution in [0.5, 0.6) is 0 Å². The van der Waals surface area contributed by atoms with Crippen molar-refractivity contribution in [3.05, 3.63) is 48.6 Å². The molecule has 22 N–H and O–H groups in total. The van der Waals surface area contributed by atoms with Gasteiger partial charge in [0.15, 0.2) is 0 Å². The summed E-state index contributed by atoms with van der Waals surface area (Å²) < 4.78 is 0. The lowest BCUT2D eigenvalue weighted by atomic mass is 10.5. The van der Waals surface area contributed by atoms with Crippen molar-refractivity contribution in [1.29, 1.82) is 0 Å². The van der Waals surface area contributed by atoms with E-state index in [1.807, 2.05) is 0 Å². The molecule has 24 nitrogen and oxygen atoms in total. The molecule has 0 aliphatic carbocycles. The zero-order valence-corrected chi connectivity index (χ0v) is 23.9. The van der Waals surface area contributed by atoms with Gasteiger partial charge >= 0.3 is 47.8 Å². The molecule has 46 heavy (non-hydrogen) atoms. The average molecular weight is 683 g/mol. The quantitative estimate of drug-likeness (QED) is 0.0564. The number of carboxylic acids is 8. The number of hydrogen-bond acceptors (Lipinski definition) is 12. The molecule has 0 rings (SSSR count). The summed E-state index contributed by atoms with van der Waals surface area (Å²) in [5, 5.41) is 68.8. The normalized spacial score (nSPS) is 8.83. The number of rotatable bonds is 15. The fourth-order valence-electron chi connectivity index (χ4n) is 1.20. The molecule has 0 aromatic rings. The smallest absolute Gasteiger partial charge is 0.328 e. The van der Waals surface area contributed by atoms with Crippen LogP contribution >= 0.6 is 0 Å². The van der Waals surface area contributed by atoms with Crippen LogP contribution in [0.1, 0.15) is 0 Å². The molecule has 270 valence electrons. The number of carboxylic acid groups (broad SMARTS) is 8. The molecule has 0 aromatic heterocycles. The molecule has 0 amide bonds. The lowest BCUT2D eigenvalue weighted by molar-refractivity contribution is -0.134.